The molecule has 0 saturated carbocycles. The van der Waals surface area contributed by atoms with Crippen LogP contribution >= 0.6 is 22.7 Å². The van der Waals surface area contributed by atoms with E-state index in [9.17, 15) is 0 Å². The summed E-state index contributed by atoms with van der Waals surface area (Å²) in [5.74, 6) is 1.57. The van der Waals surface area contributed by atoms with Gasteiger partial charge >= 0.3 is 6.03 Å². The first-order valence-electron chi connectivity index (χ1n) is 17.7. The molecule has 0 fully saturated rings. The van der Waals surface area contributed by atoms with Gasteiger partial charge in [-0.2, -0.15) is 0 Å². The van der Waals surface area contributed by atoms with Gasteiger partial charge in [0.05, 0.1) is 0 Å². The molecule has 4 heterocycles. The monoisotopic (exact) mass is 716 g/mol. The Kier molecular flexibility index (Phi) is 5.98. The molecule has 53 heavy (non-hydrogen) atoms. The smallest absolute Gasteiger partial charge is 0.340 e. The van der Waals surface area contributed by atoms with Gasteiger partial charge in [0.25, 0.3) is 10.0 Å². The largest absolute Gasteiger partial charge is 0.717 e. The minimum atomic E-state index is -1.35. The van der Waals surface area contributed by atoms with Gasteiger partial charge < -0.3 is 9.47 Å². The highest BCUT2D eigenvalue weighted by Crippen LogP contribution is 2.49. The summed E-state index contributed by atoms with van der Waals surface area (Å²) < 4.78 is 21.6. The van der Waals surface area contributed by atoms with E-state index < -0.39 is 6.03 Å². The number of fused-ring (bicyclic) bond motifs is 14. The number of thiazole rings is 2. The van der Waals surface area contributed by atoms with E-state index in [2.05, 4.69) is 179 Å². The Balaban J connectivity index is 1.08. The topological polar surface area (TPSA) is 26.2 Å². The molecule has 0 aliphatic carbocycles. The van der Waals surface area contributed by atoms with Crippen molar-refractivity contribution >= 4 is 64.7 Å². The van der Waals surface area contributed by atoms with Crippen LogP contribution in [0.25, 0.3) is 85.4 Å². The van der Waals surface area contributed by atoms with Crippen molar-refractivity contribution in [2.75, 3.05) is 0 Å². The zero-order chi connectivity index (χ0) is 34.7. The van der Waals surface area contributed by atoms with Crippen LogP contribution in [0.5, 0.6) is 11.5 Å². The second-order valence-electron chi connectivity index (χ2n) is 13.7. The Hall–Kier alpha value is -6.34. The third-order valence-electron chi connectivity index (χ3n) is 10.7. The van der Waals surface area contributed by atoms with Crippen molar-refractivity contribution in [3.8, 4) is 54.9 Å². The molecule has 2 aliphatic rings. The number of nitrogens with zero attached hydrogens (tertiary/aromatic N) is 2. The first-order valence-corrected chi connectivity index (χ1v) is 19.4. The van der Waals surface area contributed by atoms with Crippen LogP contribution in [0.2, 0.25) is 0 Å². The number of benzene rings is 8. The lowest BCUT2D eigenvalue weighted by Gasteiger charge is -2.30. The minimum Gasteiger partial charge on any atom is -0.340 e. The SMILES string of the molecule is c1ccc2cc(-c3ccc4c(c3)-c3sc5ccccc5[n+]3C3(O4)Oc4ccc(-c5ccc6ccccc6c5)cc4-c4sc5ccccc5[n+]43)ccc2c1. The van der Waals surface area contributed by atoms with E-state index in [0.717, 1.165) is 64.2 Å². The van der Waals surface area contributed by atoms with Crippen molar-refractivity contribution in [1.29, 1.82) is 0 Å². The summed E-state index contributed by atoms with van der Waals surface area (Å²) in [4.78, 5) is 0. The van der Waals surface area contributed by atoms with E-state index in [1.807, 2.05) is 0 Å². The van der Waals surface area contributed by atoms with E-state index in [0.29, 0.717) is 0 Å². The molecule has 1 spiro atoms. The molecule has 12 rings (SSSR count). The van der Waals surface area contributed by atoms with Crippen LogP contribution in [0.1, 0.15) is 0 Å². The first-order chi connectivity index (χ1) is 26.2. The molecule has 0 saturated heterocycles. The highest BCUT2D eigenvalue weighted by Gasteiger charge is 2.69. The molecule has 0 radical (unpaired) electrons. The van der Waals surface area contributed by atoms with Gasteiger partial charge in [-0.3, -0.25) is 0 Å². The van der Waals surface area contributed by atoms with E-state index in [1.165, 1.54) is 32.7 Å². The van der Waals surface area contributed by atoms with Crippen LogP contribution in [0.3, 0.4) is 0 Å². The summed E-state index contributed by atoms with van der Waals surface area (Å²) in [6.45, 7) is 0. The maximum atomic E-state index is 7.34. The number of aromatic nitrogens is 2. The molecule has 0 N–H and O–H groups in total. The van der Waals surface area contributed by atoms with Crippen LogP contribution in [-0.2, 0) is 6.03 Å². The highest BCUT2D eigenvalue weighted by molar-refractivity contribution is 7.21. The van der Waals surface area contributed by atoms with Gasteiger partial charge in [-0.05, 0) is 101 Å². The zero-order valence-electron chi connectivity index (χ0n) is 28.2. The van der Waals surface area contributed by atoms with E-state index >= 15 is 0 Å². The maximum absolute atomic E-state index is 7.34. The van der Waals surface area contributed by atoms with Crippen LogP contribution in [-0.4, -0.2) is 0 Å². The van der Waals surface area contributed by atoms with Crippen LogP contribution < -0.4 is 18.6 Å². The Bertz CT molecular complexity index is 2950. The summed E-state index contributed by atoms with van der Waals surface area (Å²) in [7, 11) is 0. The first kappa shape index (κ1) is 29.3. The summed E-state index contributed by atoms with van der Waals surface area (Å²) in [5.41, 5.74) is 8.83. The lowest BCUT2D eigenvalue weighted by atomic mass is 9.98. The Morgan fingerprint density at radius 2 is 0.774 bits per heavy atom. The fourth-order valence-electron chi connectivity index (χ4n) is 8.15. The Labute approximate surface area is 312 Å². The van der Waals surface area contributed by atoms with E-state index in [-0.39, 0.29) is 0 Å². The van der Waals surface area contributed by atoms with Crippen molar-refractivity contribution in [2.45, 2.75) is 6.03 Å². The van der Waals surface area contributed by atoms with Crippen LogP contribution in [0.15, 0.2) is 170 Å². The molecule has 8 aromatic carbocycles. The molecule has 0 atom stereocenters. The molecule has 0 amide bonds. The van der Waals surface area contributed by atoms with Gasteiger partial charge in [0.2, 0.25) is 11.0 Å². The molecule has 10 aromatic rings. The highest BCUT2D eigenvalue weighted by atomic mass is 32.1. The predicted octanol–water partition coefficient (Wildman–Crippen LogP) is 11.6. The molecule has 2 aliphatic heterocycles. The number of ether oxygens (including phenoxy) is 2. The molecular weight excluding hydrogens is 689 g/mol. The summed E-state index contributed by atoms with van der Waals surface area (Å²) in [6.07, 6.45) is 0. The van der Waals surface area contributed by atoms with Crippen molar-refractivity contribution in [2.24, 2.45) is 0 Å². The average molecular weight is 717 g/mol. The van der Waals surface area contributed by atoms with Gasteiger partial charge in [0.15, 0.2) is 11.5 Å². The molecule has 248 valence electrons. The number of para-hydroxylation sites is 2. The third kappa shape index (κ3) is 4.22. The van der Waals surface area contributed by atoms with Crippen LogP contribution in [0, 0.1) is 0 Å². The molecule has 0 bridgehead atoms. The number of hydrogen-bond acceptors (Lipinski definition) is 4. The summed E-state index contributed by atoms with van der Waals surface area (Å²) in [5, 5.41) is 7.08. The standard InChI is InChI=1S/C47H28N2O2S2/c1-3-11-31-25-33(19-17-29(31)9-1)35-21-23-41-37(27-35)45-48(39-13-5-7-15-43(39)52-45)47(50-41)49-40-14-6-8-16-44(40)53-46(49)38-28-36(22-24-42(38)51-47)34-20-18-30-10-2-4-12-32(30)26-34/h1-28H/q+2. The molecular formula is C47H28N2O2S2+2. The zero-order valence-corrected chi connectivity index (χ0v) is 29.8. The van der Waals surface area contributed by atoms with Gasteiger partial charge in [-0.25, -0.2) is 0 Å². The van der Waals surface area contributed by atoms with Gasteiger partial charge in [0, 0.05) is 12.1 Å². The number of rotatable bonds is 2. The van der Waals surface area contributed by atoms with E-state index in [1.54, 1.807) is 22.7 Å². The normalized spacial score (nSPS) is 13.7. The lowest BCUT2D eigenvalue weighted by Crippen LogP contribution is -2.81. The molecule has 0 unspecified atom stereocenters. The van der Waals surface area contributed by atoms with Crippen molar-refractivity contribution in [1.82, 2.24) is 0 Å². The summed E-state index contributed by atoms with van der Waals surface area (Å²) in [6, 6.07) is 59.3. The summed E-state index contributed by atoms with van der Waals surface area (Å²) >= 11 is 3.55. The fourth-order valence-corrected chi connectivity index (χ4v) is 10.5. The lowest BCUT2D eigenvalue weighted by molar-refractivity contribution is -1.04. The second kappa shape index (κ2) is 10.8. The van der Waals surface area contributed by atoms with Gasteiger partial charge in [-0.15, -0.1) is 0 Å². The van der Waals surface area contributed by atoms with E-state index in [4.69, 9.17) is 9.47 Å². The molecule has 2 aromatic heterocycles. The van der Waals surface area contributed by atoms with Crippen molar-refractivity contribution < 1.29 is 18.6 Å². The second-order valence-corrected chi connectivity index (χ2v) is 15.8. The quantitative estimate of drug-likeness (QED) is 0.167. The Morgan fingerprint density at radius 1 is 0.377 bits per heavy atom. The third-order valence-corrected chi connectivity index (χ3v) is 13.0. The number of hydrogen-bond donors (Lipinski definition) is 0. The fraction of sp³-hybridized carbons (Fsp3) is 0.0213. The minimum absolute atomic E-state index is 0.783. The maximum Gasteiger partial charge on any atom is 0.717 e. The van der Waals surface area contributed by atoms with Crippen LogP contribution in [0.4, 0.5) is 0 Å². The Morgan fingerprint density at radius 3 is 1.26 bits per heavy atom. The van der Waals surface area contributed by atoms with Crippen molar-refractivity contribution in [3.05, 3.63) is 170 Å². The van der Waals surface area contributed by atoms with Gasteiger partial charge in [0.1, 0.15) is 20.5 Å². The predicted molar refractivity (Wildman–Crippen MR) is 215 cm³/mol. The average Bonchev–Trinajstić information content (AvgIpc) is 3.82. The molecule has 6 heteroatoms. The van der Waals surface area contributed by atoms with Gasteiger partial charge in [-0.1, -0.05) is 132 Å². The molecule has 4 nitrogen and oxygen atoms in total. The van der Waals surface area contributed by atoms with Crippen molar-refractivity contribution in [3.63, 3.8) is 0 Å².